The molecule has 1 saturated heterocycles. The highest BCUT2D eigenvalue weighted by molar-refractivity contribution is 5.91. The number of allylic oxidation sites excluding steroid dienone is 1. The third-order valence-electron chi connectivity index (χ3n) is 9.58. The maximum atomic E-state index is 14.6. The third kappa shape index (κ3) is 3.35. The van der Waals surface area contributed by atoms with Gasteiger partial charge in [0.2, 0.25) is 0 Å². The molecule has 0 spiro atoms. The van der Waals surface area contributed by atoms with Crippen LogP contribution in [0.5, 0.6) is 0 Å². The Bertz CT molecular complexity index is 913. The molecule has 7 atom stereocenters. The Kier molecular flexibility index (Phi) is 6.35. The van der Waals surface area contributed by atoms with Crippen LogP contribution in [0.2, 0.25) is 0 Å². The Hall–Kier alpha value is -1.64. The number of hydrogen-bond acceptors (Lipinski definition) is 7. The first-order valence-corrected chi connectivity index (χ1v) is 12.3. The SMILES string of the molecule is CC(=O)O[C@@]12CO[C@@H]1C[C@H](OCF)[C@@]1(C)C(=O)[C@H](CCC=O)C3=C(C)CC[C@@](O)(CC12)C3(C)C. The zero-order chi connectivity index (χ0) is 25.1. The molecule has 190 valence electrons. The summed E-state index contributed by atoms with van der Waals surface area (Å²) in [5.74, 6) is -1.89. The maximum Gasteiger partial charge on any atom is 0.303 e. The number of hydrogen-bond donors (Lipinski definition) is 1. The van der Waals surface area contributed by atoms with Gasteiger partial charge >= 0.3 is 5.97 Å². The third-order valence-corrected chi connectivity index (χ3v) is 9.58. The summed E-state index contributed by atoms with van der Waals surface area (Å²) in [6, 6.07) is 0. The van der Waals surface area contributed by atoms with E-state index in [-0.39, 0.29) is 31.7 Å². The van der Waals surface area contributed by atoms with Crippen molar-refractivity contribution in [2.45, 2.75) is 96.6 Å². The maximum absolute atomic E-state index is 14.6. The van der Waals surface area contributed by atoms with E-state index < -0.39 is 58.9 Å². The van der Waals surface area contributed by atoms with E-state index in [9.17, 15) is 23.9 Å². The van der Waals surface area contributed by atoms with Gasteiger partial charge in [-0.15, -0.1) is 0 Å². The molecule has 0 aromatic heterocycles. The van der Waals surface area contributed by atoms with Crippen molar-refractivity contribution in [1.29, 1.82) is 0 Å². The van der Waals surface area contributed by atoms with E-state index in [2.05, 4.69) is 0 Å². The fraction of sp³-hybridized carbons (Fsp3) is 0.808. The van der Waals surface area contributed by atoms with E-state index in [4.69, 9.17) is 14.2 Å². The number of esters is 1. The first kappa shape index (κ1) is 25.5. The molecule has 2 saturated carbocycles. The Balaban J connectivity index is 1.96. The van der Waals surface area contributed by atoms with Gasteiger partial charge in [0.15, 0.2) is 12.5 Å². The average molecular weight is 481 g/mol. The topological polar surface area (TPSA) is 99.1 Å². The Labute approximate surface area is 200 Å². The number of carbonyl (C=O) groups excluding carboxylic acids is 3. The van der Waals surface area contributed by atoms with Gasteiger partial charge in [-0.2, -0.15) is 0 Å². The van der Waals surface area contributed by atoms with Gasteiger partial charge in [0.1, 0.15) is 18.2 Å². The van der Waals surface area contributed by atoms with Crippen molar-refractivity contribution in [3.05, 3.63) is 11.1 Å². The fourth-order valence-electron chi connectivity index (χ4n) is 7.67. The molecule has 3 fully saturated rings. The second-order valence-corrected chi connectivity index (χ2v) is 11.4. The lowest BCUT2D eigenvalue weighted by Gasteiger charge is -2.66. The lowest BCUT2D eigenvalue weighted by Crippen LogP contribution is -2.77. The number of aliphatic hydroxyl groups is 1. The standard InChI is InChI=1S/C26H37FO7/c1-15-8-9-25(31)12-18-24(5,22(30)17(7-6-10-28)21(15)23(25,3)4)19(33-14-27)11-20-26(18,13-32-20)34-16(2)29/h10,17-20,31H,6-9,11-14H2,1-5H3/t17-,18?,19+,20-,24+,25-,26-/m1/s1. The number of fused-ring (bicyclic) bond motifs is 5. The van der Waals surface area contributed by atoms with Gasteiger partial charge in [0.05, 0.1) is 23.7 Å². The van der Waals surface area contributed by atoms with Crippen LogP contribution >= 0.6 is 0 Å². The molecule has 1 N–H and O–H groups in total. The number of ether oxygens (including phenoxy) is 3. The van der Waals surface area contributed by atoms with Crippen molar-refractivity contribution in [2.24, 2.45) is 22.7 Å². The van der Waals surface area contributed by atoms with E-state index in [0.717, 1.165) is 17.4 Å². The van der Waals surface area contributed by atoms with Crippen molar-refractivity contribution >= 4 is 18.0 Å². The molecular formula is C26H37FO7. The Morgan fingerprint density at radius 3 is 2.59 bits per heavy atom. The molecule has 4 rings (SSSR count). The lowest BCUT2D eigenvalue weighted by molar-refractivity contribution is -0.331. The Morgan fingerprint density at radius 2 is 2.03 bits per heavy atom. The molecule has 0 amide bonds. The van der Waals surface area contributed by atoms with Gasteiger partial charge in [-0.3, -0.25) is 9.59 Å². The normalized spacial score (nSPS) is 43.1. The minimum absolute atomic E-state index is 0.115. The first-order chi connectivity index (χ1) is 15.9. The van der Waals surface area contributed by atoms with Crippen LogP contribution in [0.1, 0.15) is 73.1 Å². The Morgan fingerprint density at radius 1 is 1.32 bits per heavy atom. The van der Waals surface area contributed by atoms with Crippen LogP contribution in [0.3, 0.4) is 0 Å². The van der Waals surface area contributed by atoms with Crippen LogP contribution in [0.25, 0.3) is 0 Å². The molecular weight excluding hydrogens is 443 g/mol. The van der Waals surface area contributed by atoms with E-state index in [1.807, 2.05) is 20.8 Å². The van der Waals surface area contributed by atoms with Crippen molar-refractivity contribution < 1.29 is 38.1 Å². The molecule has 3 aliphatic carbocycles. The quantitative estimate of drug-likeness (QED) is 0.353. The molecule has 1 heterocycles. The largest absolute Gasteiger partial charge is 0.454 e. The zero-order valence-electron chi connectivity index (χ0n) is 20.8. The summed E-state index contributed by atoms with van der Waals surface area (Å²) in [6.45, 7) is 8.05. The van der Waals surface area contributed by atoms with Crippen molar-refractivity contribution in [1.82, 2.24) is 0 Å². The van der Waals surface area contributed by atoms with E-state index in [0.29, 0.717) is 19.3 Å². The summed E-state index contributed by atoms with van der Waals surface area (Å²) in [5, 5.41) is 12.2. The first-order valence-electron chi connectivity index (χ1n) is 12.3. The molecule has 0 radical (unpaired) electrons. The molecule has 7 nitrogen and oxygen atoms in total. The summed E-state index contributed by atoms with van der Waals surface area (Å²) in [5.41, 5.74) is -2.35. The second kappa shape index (κ2) is 8.49. The van der Waals surface area contributed by atoms with Gasteiger partial charge in [-0.25, -0.2) is 4.39 Å². The summed E-state index contributed by atoms with van der Waals surface area (Å²) < 4.78 is 30.8. The van der Waals surface area contributed by atoms with E-state index in [1.54, 1.807) is 6.92 Å². The van der Waals surface area contributed by atoms with Gasteiger partial charge in [-0.05, 0) is 39.5 Å². The molecule has 1 aliphatic heterocycles. The van der Waals surface area contributed by atoms with Crippen LogP contribution in [-0.2, 0) is 28.6 Å². The summed E-state index contributed by atoms with van der Waals surface area (Å²) in [7, 11) is 0. The number of rotatable bonds is 6. The summed E-state index contributed by atoms with van der Waals surface area (Å²) in [6.07, 6.45) is 1.47. The van der Waals surface area contributed by atoms with Gasteiger partial charge < -0.3 is 24.1 Å². The van der Waals surface area contributed by atoms with Gasteiger partial charge in [0, 0.05) is 37.0 Å². The number of alkyl halides is 1. The van der Waals surface area contributed by atoms with Gasteiger partial charge in [-0.1, -0.05) is 25.0 Å². The highest BCUT2D eigenvalue weighted by Crippen LogP contribution is 2.64. The van der Waals surface area contributed by atoms with Crippen LogP contribution in [0.4, 0.5) is 4.39 Å². The molecule has 2 bridgehead atoms. The highest BCUT2D eigenvalue weighted by atomic mass is 19.1. The van der Waals surface area contributed by atoms with Crippen molar-refractivity contribution in [3.63, 3.8) is 0 Å². The minimum atomic E-state index is -1.25. The number of Topliss-reactive ketones (excluding diaryl/α,β-unsaturated/α-hetero) is 1. The molecule has 8 heteroatoms. The minimum Gasteiger partial charge on any atom is -0.454 e. The average Bonchev–Trinajstić information content (AvgIpc) is 2.75. The smallest absolute Gasteiger partial charge is 0.303 e. The molecule has 34 heavy (non-hydrogen) atoms. The number of aldehydes is 1. The summed E-state index contributed by atoms with van der Waals surface area (Å²) in [4.78, 5) is 38.2. The lowest BCUT2D eigenvalue weighted by atomic mass is 9.44. The predicted molar refractivity (Wildman–Crippen MR) is 120 cm³/mol. The monoisotopic (exact) mass is 480 g/mol. The van der Waals surface area contributed by atoms with Crippen LogP contribution in [0, 0.1) is 22.7 Å². The van der Waals surface area contributed by atoms with Crippen molar-refractivity contribution in [2.75, 3.05) is 13.5 Å². The van der Waals surface area contributed by atoms with Crippen LogP contribution < -0.4 is 0 Å². The summed E-state index contributed by atoms with van der Waals surface area (Å²) >= 11 is 0. The van der Waals surface area contributed by atoms with Crippen LogP contribution in [-0.4, -0.2) is 60.0 Å². The highest BCUT2D eigenvalue weighted by Gasteiger charge is 2.73. The molecule has 1 unspecified atom stereocenters. The predicted octanol–water partition coefficient (Wildman–Crippen LogP) is 3.46. The number of halogens is 1. The van der Waals surface area contributed by atoms with Crippen molar-refractivity contribution in [3.8, 4) is 0 Å². The number of ketones is 1. The second-order valence-electron chi connectivity index (χ2n) is 11.4. The fourth-order valence-corrected chi connectivity index (χ4v) is 7.67. The zero-order valence-corrected chi connectivity index (χ0v) is 20.8. The van der Waals surface area contributed by atoms with E-state index in [1.165, 1.54) is 6.92 Å². The molecule has 0 aromatic carbocycles. The molecule has 0 aromatic rings. The number of carbonyl (C=O) groups is 3. The van der Waals surface area contributed by atoms with Crippen LogP contribution in [0.15, 0.2) is 11.1 Å². The van der Waals surface area contributed by atoms with Gasteiger partial charge in [0.25, 0.3) is 0 Å². The molecule has 4 aliphatic rings. The van der Waals surface area contributed by atoms with E-state index >= 15 is 0 Å².